The summed E-state index contributed by atoms with van der Waals surface area (Å²) in [7, 11) is 0. The summed E-state index contributed by atoms with van der Waals surface area (Å²) < 4.78 is 0. The van der Waals surface area contributed by atoms with Gasteiger partial charge in [-0.3, -0.25) is 14.6 Å². The minimum Gasteiger partial charge on any atom is -0.371 e. The van der Waals surface area contributed by atoms with Crippen molar-refractivity contribution in [2.75, 3.05) is 23.3 Å². The molecule has 3 aromatic rings. The third-order valence-electron chi connectivity index (χ3n) is 10.5. The van der Waals surface area contributed by atoms with E-state index in [0.717, 1.165) is 68.6 Å². The highest BCUT2D eigenvalue weighted by molar-refractivity contribution is 6.02. The fourth-order valence-corrected chi connectivity index (χ4v) is 8.83. The van der Waals surface area contributed by atoms with Crippen LogP contribution in [-0.4, -0.2) is 29.9 Å². The number of amides is 2. The van der Waals surface area contributed by atoms with Gasteiger partial charge in [-0.2, -0.15) is 0 Å². The van der Waals surface area contributed by atoms with Gasteiger partial charge in [0.05, 0.1) is 11.0 Å². The quantitative estimate of drug-likeness (QED) is 0.323. The molecular formula is C36H42N4O2. The molecule has 4 aliphatic carbocycles. The fourth-order valence-electron chi connectivity index (χ4n) is 8.83. The van der Waals surface area contributed by atoms with Crippen molar-refractivity contribution in [1.29, 1.82) is 0 Å². The predicted octanol–water partition coefficient (Wildman–Crippen LogP) is 6.63. The van der Waals surface area contributed by atoms with E-state index in [1.54, 1.807) is 12.4 Å². The fraction of sp³-hybridized carbons (Fsp3) is 0.472. The number of nitrogens with one attached hydrogen (secondary N) is 2. The summed E-state index contributed by atoms with van der Waals surface area (Å²) in [6, 6.07) is 20.5. The Hall–Kier alpha value is -3.67. The summed E-state index contributed by atoms with van der Waals surface area (Å²) in [6.45, 7) is 2.24. The summed E-state index contributed by atoms with van der Waals surface area (Å²) in [5, 5.41) is 6.39. The van der Waals surface area contributed by atoms with Gasteiger partial charge in [0, 0.05) is 43.4 Å². The Morgan fingerprint density at radius 3 is 2.21 bits per heavy atom. The lowest BCUT2D eigenvalue weighted by Crippen LogP contribution is -2.51. The largest absolute Gasteiger partial charge is 0.371 e. The Labute approximate surface area is 249 Å². The monoisotopic (exact) mass is 562 g/mol. The van der Waals surface area contributed by atoms with Crippen molar-refractivity contribution in [3.63, 3.8) is 0 Å². The number of hydrogen-bond donors (Lipinski definition) is 2. The number of anilines is 2. The molecule has 4 bridgehead atoms. The molecule has 2 amide bonds. The molecule has 218 valence electrons. The van der Waals surface area contributed by atoms with Crippen LogP contribution in [-0.2, 0) is 17.8 Å². The van der Waals surface area contributed by atoms with Crippen LogP contribution in [0.3, 0.4) is 0 Å². The summed E-state index contributed by atoms with van der Waals surface area (Å²) >= 11 is 0. The van der Waals surface area contributed by atoms with E-state index in [1.165, 1.54) is 24.8 Å². The third kappa shape index (κ3) is 5.68. The van der Waals surface area contributed by atoms with Gasteiger partial charge in [0.1, 0.15) is 0 Å². The molecule has 8 rings (SSSR count). The molecule has 42 heavy (non-hydrogen) atoms. The molecule has 1 aliphatic heterocycles. The SMILES string of the molecule is O=C(NCc1cccnc1)c1cc(NC(=O)C23CC4CC(CC(C4)C2)C3)ccc1N1CCC(Cc2ccccc2)CC1. The maximum atomic E-state index is 13.8. The van der Waals surface area contributed by atoms with Gasteiger partial charge < -0.3 is 15.5 Å². The van der Waals surface area contributed by atoms with Crippen LogP contribution in [0.2, 0.25) is 0 Å². The van der Waals surface area contributed by atoms with Crippen LogP contribution in [0.4, 0.5) is 11.4 Å². The van der Waals surface area contributed by atoms with Crippen molar-refractivity contribution in [1.82, 2.24) is 10.3 Å². The highest BCUT2D eigenvalue weighted by atomic mass is 16.2. The van der Waals surface area contributed by atoms with E-state index in [0.29, 0.717) is 35.8 Å². The highest BCUT2D eigenvalue weighted by Crippen LogP contribution is 2.60. The van der Waals surface area contributed by atoms with E-state index < -0.39 is 0 Å². The lowest BCUT2D eigenvalue weighted by atomic mass is 9.49. The Bertz CT molecular complexity index is 1380. The van der Waals surface area contributed by atoms with Gasteiger partial charge in [-0.05, 0) is 117 Å². The summed E-state index contributed by atoms with van der Waals surface area (Å²) in [4.78, 5) is 34.0. The first-order valence-corrected chi connectivity index (χ1v) is 15.9. The van der Waals surface area contributed by atoms with Crippen molar-refractivity contribution >= 4 is 23.2 Å². The van der Waals surface area contributed by atoms with Gasteiger partial charge in [-0.1, -0.05) is 36.4 Å². The van der Waals surface area contributed by atoms with Gasteiger partial charge in [-0.15, -0.1) is 0 Å². The van der Waals surface area contributed by atoms with Gasteiger partial charge in [0.2, 0.25) is 5.91 Å². The number of nitrogens with zero attached hydrogens (tertiary/aromatic N) is 2. The first kappa shape index (κ1) is 27.2. The Balaban J connectivity index is 1.08. The van der Waals surface area contributed by atoms with E-state index >= 15 is 0 Å². The summed E-state index contributed by atoms with van der Waals surface area (Å²) in [5.74, 6) is 2.82. The molecule has 0 radical (unpaired) electrons. The van der Waals surface area contributed by atoms with Gasteiger partial charge in [-0.25, -0.2) is 0 Å². The lowest BCUT2D eigenvalue weighted by molar-refractivity contribution is -0.140. The predicted molar refractivity (Wildman–Crippen MR) is 166 cm³/mol. The molecule has 6 heteroatoms. The van der Waals surface area contributed by atoms with Crippen LogP contribution in [0.5, 0.6) is 0 Å². The van der Waals surface area contributed by atoms with Crippen molar-refractivity contribution in [2.24, 2.45) is 29.1 Å². The minimum absolute atomic E-state index is 0.119. The third-order valence-corrected chi connectivity index (χ3v) is 10.5. The molecule has 2 heterocycles. The molecule has 1 saturated heterocycles. The molecule has 5 fully saturated rings. The van der Waals surface area contributed by atoms with Gasteiger partial charge in [0.25, 0.3) is 5.91 Å². The number of carbonyl (C=O) groups excluding carboxylic acids is 2. The van der Waals surface area contributed by atoms with Gasteiger partial charge >= 0.3 is 0 Å². The number of pyridine rings is 1. The second-order valence-electron chi connectivity index (χ2n) is 13.5. The van der Waals surface area contributed by atoms with E-state index in [2.05, 4.69) is 50.8 Å². The van der Waals surface area contributed by atoms with Crippen LogP contribution in [0.25, 0.3) is 0 Å². The van der Waals surface area contributed by atoms with E-state index in [-0.39, 0.29) is 17.2 Å². The minimum atomic E-state index is -0.225. The topological polar surface area (TPSA) is 74.3 Å². The second kappa shape index (κ2) is 11.5. The first-order chi connectivity index (χ1) is 20.5. The molecule has 4 saturated carbocycles. The van der Waals surface area contributed by atoms with E-state index in [1.807, 2.05) is 30.3 Å². The van der Waals surface area contributed by atoms with E-state index in [9.17, 15) is 9.59 Å². The molecule has 5 aliphatic rings. The maximum Gasteiger partial charge on any atom is 0.253 e. The average Bonchev–Trinajstić information content (AvgIpc) is 3.01. The zero-order chi connectivity index (χ0) is 28.5. The van der Waals surface area contributed by atoms with Gasteiger partial charge in [0.15, 0.2) is 0 Å². The number of aromatic nitrogens is 1. The van der Waals surface area contributed by atoms with Crippen molar-refractivity contribution < 1.29 is 9.59 Å². The molecule has 2 N–H and O–H groups in total. The zero-order valence-electron chi connectivity index (χ0n) is 24.4. The Morgan fingerprint density at radius 1 is 0.857 bits per heavy atom. The Kier molecular flexibility index (Phi) is 7.47. The van der Waals surface area contributed by atoms with E-state index in [4.69, 9.17) is 0 Å². The molecule has 0 unspecified atom stereocenters. The number of carbonyl (C=O) groups is 2. The normalized spacial score (nSPS) is 26.7. The van der Waals surface area contributed by atoms with Crippen molar-refractivity contribution in [2.45, 2.75) is 64.3 Å². The summed E-state index contributed by atoms with van der Waals surface area (Å²) in [5.41, 5.74) is 4.43. The molecular weight excluding hydrogens is 520 g/mol. The molecule has 0 spiro atoms. The zero-order valence-corrected chi connectivity index (χ0v) is 24.4. The van der Waals surface area contributed by atoms with Crippen molar-refractivity contribution in [3.8, 4) is 0 Å². The van der Waals surface area contributed by atoms with Crippen LogP contribution in [0, 0.1) is 29.1 Å². The smallest absolute Gasteiger partial charge is 0.253 e. The Morgan fingerprint density at radius 2 is 1.55 bits per heavy atom. The molecule has 2 aromatic carbocycles. The highest BCUT2D eigenvalue weighted by Gasteiger charge is 2.54. The number of rotatable bonds is 8. The number of piperidine rings is 1. The lowest BCUT2D eigenvalue weighted by Gasteiger charge is -2.55. The number of benzene rings is 2. The molecule has 0 atom stereocenters. The summed E-state index contributed by atoms with van der Waals surface area (Å²) in [6.07, 6.45) is 13.8. The van der Waals surface area contributed by atoms with Crippen LogP contribution in [0.1, 0.15) is 72.9 Å². The average molecular weight is 563 g/mol. The molecule has 1 aromatic heterocycles. The van der Waals surface area contributed by atoms with Crippen LogP contribution < -0.4 is 15.5 Å². The molecule has 6 nitrogen and oxygen atoms in total. The second-order valence-corrected chi connectivity index (χ2v) is 13.5. The van der Waals surface area contributed by atoms with Crippen LogP contribution >= 0.6 is 0 Å². The standard InChI is InChI=1S/C36H42N4O2/c41-34(38-24-27-7-4-12-37-23-27)32-19-31(39-35(42)36-20-28-16-29(21-36)18-30(17-28)22-36)8-9-33(32)40-13-10-26(11-14-40)15-25-5-2-1-3-6-25/h1-9,12,19,23,26,28-30H,10-11,13-18,20-22,24H2,(H,38,41)(H,39,42). The van der Waals surface area contributed by atoms with Crippen LogP contribution in [0.15, 0.2) is 73.1 Å². The first-order valence-electron chi connectivity index (χ1n) is 15.9. The van der Waals surface area contributed by atoms with Crippen molar-refractivity contribution in [3.05, 3.63) is 89.7 Å². The maximum absolute atomic E-state index is 13.8. The number of hydrogen-bond acceptors (Lipinski definition) is 4.